The smallest absolute Gasteiger partial charge is 0.236 e. The molecule has 0 spiro atoms. The Hall–Kier alpha value is -2.25. The molecule has 0 unspecified atom stereocenters. The van der Waals surface area contributed by atoms with Crippen molar-refractivity contribution in [1.29, 1.82) is 0 Å². The highest BCUT2D eigenvalue weighted by Crippen LogP contribution is 2.17. The van der Waals surface area contributed by atoms with E-state index in [-0.39, 0.29) is 12.0 Å². The van der Waals surface area contributed by atoms with Crippen molar-refractivity contribution in [2.24, 2.45) is 5.92 Å². The van der Waals surface area contributed by atoms with Gasteiger partial charge in [0, 0.05) is 37.9 Å². The second-order valence-corrected chi connectivity index (χ2v) is 7.92. The number of carbonyl (C=O) groups excluding carboxylic acids is 1. The Balaban J connectivity index is 1.72. The standard InChI is InChI=1S/C21H30N4O3/c1-15(2)9-25-12-19(27-14-20-16(3)23-28-17(20)4)11-24(13-21(25)26)10-18-7-5-6-8-22-18/h5-8,15,19H,9-14H2,1-4H3/t19-/m0/s1. The maximum atomic E-state index is 12.8. The Morgan fingerprint density at radius 2 is 2.11 bits per heavy atom. The summed E-state index contributed by atoms with van der Waals surface area (Å²) in [6, 6.07) is 5.86. The topological polar surface area (TPSA) is 71.7 Å². The predicted molar refractivity (Wildman–Crippen MR) is 105 cm³/mol. The van der Waals surface area contributed by atoms with Crippen LogP contribution in [0, 0.1) is 19.8 Å². The van der Waals surface area contributed by atoms with Crippen molar-refractivity contribution in [3.05, 3.63) is 47.1 Å². The molecule has 0 bridgehead atoms. The average Bonchev–Trinajstić information content (AvgIpc) is 2.89. The molecule has 1 aliphatic heterocycles. The molecule has 1 atom stereocenters. The van der Waals surface area contributed by atoms with Gasteiger partial charge < -0.3 is 14.2 Å². The molecule has 0 radical (unpaired) electrons. The summed E-state index contributed by atoms with van der Waals surface area (Å²) in [7, 11) is 0. The van der Waals surface area contributed by atoms with E-state index in [4.69, 9.17) is 9.26 Å². The van der Waals surface area contributed by atoms with Crippen LogP contribution in [0.5, 0.6) is 0 Å². The second-order valence-electron chi connectivity index (χ2n) is 7.92. The van der Waals surface area contributed by atoms with Crippen molar-refractivity contribution < 1.29 is 14.1 Å². The lowest BCUT2D eigenvalue weighted by atomic mass is 10.2. The van der Waals surface area contributed by atoms with Gasteiger partial charge in [0.25, 0.3) is 0 Å². The Labute approximate surface area is 166 Å². The Morgan fingerprint density at radius 1 is 1.29 bits per heavy atom. The van der Waals surface area contributed by atoms with E-state index in [1.807, 2.05) is 36.9 Å². The van der Waals surface area contributed by atoms with Gasteiger partial charge in [-0.3, -0.25) is 14.7 Å². The van der Waals surface area contributed by atoms with Crippen LogP contribution >= 0.6 is 0 Å². The lowest BCUT2D eigenvalue weighted by Crippen LogP contribution is -2.40. The van der Waals surface area contributed by atoms with E-state index < -0.39 is 0 Å². The molecule has 7 nitrogen and oxygen atoms in total. The van der Waals surface area contributed by atoms with Gasteiger partial charge in [-0.2, -0.15) is 0 Å². The number of aryl methyl sites for hydroxylation is 2. The highest BCUT2D eigenvalue weighted by atomic mass is 16.5. The van der Waals surface area contributed by atoms with Crippen LogP contribution in [0.3, 0.4) is 0 Å². The maximum Gasteiger partial charge on any atom is 0.236 e. The summed E-state index contributed by atoms with van der Waals surface area (Å²) in [6.45, 7) is 11.5. The lowest BCUT2D eigenvalue weighted by molar-refractivity contribution is -0.132. The van der Waals surface area contributed by atoms with Crippen molar-refractivity contribution >= 4 is 5.91 Å². The number of ether oxygens (including phenoxy) is 1. The van der Waals surface area contributed by atoms with E-state index in [9.17, 15) is 4.79 Å². The third-order valence-corrected chi connectivity index (χ3v) is 4.94. The lowest BCUT2D eigenvalue weighted by Gasteiger charge is -2.26. The van der Waals surface area contributed by atoms with Crippen LogP contribution in [0.25, 0.3) is 0 Å². The first kappa shape index (κ1) is 20.5. The first-order valence-electron chi connectivity index (χ1n) is 9.85. The van der Waals surface area contributed by atoms with Crippen LogP contribution in [0.15, 0.2) is 28.9 Å². The van der Waals surface area contributed by atoms with Gasteiger partial charge in [-0.05, 0) is 31.9 Å². The van der Waals surface area contributed by atoms with Gasteiger partial charge >= 0.3 is 0 Å². The van der Waals surface area contributed by atoms with E-state index in [1.54, 1.807) is 6.20 Å². The van der Waals surface area contributed by atoms with Gasteiger partial charge in [-0.15, -0.1) is 0 Å². The van der Waals surface area contributed by atoms with Crippen molar-refractivity contribution in [3.63, 3.8) is 0 Å². The molecule has 0 aliphatic carbocycles. The van der Waals surface area contributed by atoms with Gasteiger partial charge in [0.1, 0.15) is 5.76 Å². The van der Waals surface area contributed by atoms with Crippen LogP contribution in [-0.4, -0.2) is 58.1 Å². The highest BCUT2D eigenvalue weighted by Gasteiger charge is 2.29. The summed E-state index contributed by atoms with van der Waals surface area (Å²) in [4.78, 5) is 21.3. The van der Waals surface area contributed by atoms with Crippen LogP contribution < -0.4 is 0 Å². The maximum absolute atomic E-state index is 12.8. The molecule has 7 heteroatoms. The quantitative estimate of drug-likeness (QED) is 0.728. The molecular weight excluding hydrogens is 356 g/mol. The van der Waals surface area contributed by atoms with Crippen LogP contribution in [0.4, 0.5) is 0 Å². The predicted octanol–water partition coefficient (Wildman–Crippen LogP) is 2.57. The normalized spacial score (nSPS) is 18.7. The van der Waals surface area contributed by atoms with E-state index in [2.05, 4.69) is 28.9 Å². The minimum atomic E-state index is -0.0809. The summed E-state index contributed by atoms with van der Waals surface area (Å²) in [5, 5.41) is 4.00. The number of hydrogen-bond acceptors (Lipinski definition) is 6. The number of aromatic nitrogens is 2. The molecule has 3 heterocycles. The van der Waals surface area contributed by atoms with Crippen molar-refractivity contribution in [1.82, 2.24) is 19.9 Å². The van der Waals surface area contributed by atoms with Gasteiger partial charge in [0.2, 0.25) is 5.91 Å². The summed E-state index contributed by atoms with van der Waals surface area (Å²) >= 11 is 0. The molecule has 3 rings (SSSR count). The molecule has 28 heavy (non-hydrogen) atoms. The minimum Gasteiger partial charge on any atom is -0.370 e. The van der Waals surface area contributed by atoms with Crippen molar-refractivity contribution in [3.8, 4) is 0 Å². The SMILES string of the molecule is Cc1noc(C)c1CO[C@H]1CN(Cc2ccccn2)CC(=O)N(CC(C)C)C1. The van der Waals surface area contributed by atoms with E-state index in [1.165, 1.54) is 0 Å². The third-order valence-electron chi connectivity index (χ3n) is 4.94. The molecule has 1 aliphatic rings. The molecule has 0 N–H and O–H groups in total. The Kier molecular flexibility index (Phi) is 6.80. The second kappa shape index (κ2) is 9.30. The number of nitrogens with zero attached hydrogens (tertiary/aromatic N) is 4. The molecule has 0 saturated carbocycles. The number of hydrogen-bond donors (Lipinski definition) is 0. The largest absolute Gasteiger partial charge is 0.370 e. The Morgan fingerprint density at radius 3 is 2.75 bits per heavy atom. The zero-order valence-corrected chi connectivity index (χ0v) is 17.2. The average molecular weight is 386 g/mol. The molecule has 2 aromatic rings. The van der Waals surface area contributed by atoms with Gasteiger partial charge in [-0.25, -0.2) is 0 Å². The minimum absolute atomic E-state index is 0.0809. The van der Waals surface area contributed by atoms with Crippen molar-refractivity contribution in [2.45, 2.75) is 47.0 Å². The zero-order valence-electron chi connectivity index (χ0n) is 17.2. The molecule has 1 fully saturated rings. The fraction of sp³-hybridized carbons (Fsp3) is 0.571. The summed E-state index contributed by atoms with van der Waals surface area (Å²) in [6.07, 6.45) is 1.70. The Bertz CT molecular complexity index is 756. The fourth-order valence-corrected chi connectivity index (χ4v) is 3.52. The van der Waals surface area contributed by atoms with Gasteiger partial charge in [0.15, 0.2) is 0 Å². The number of pyridine rings is 1. The zero-order chi connectivity index (χ0) is 20.1. The highest BCUT2D eigenvalue weighted by molar-refractivity contribution is 5.78. The third kappa shape index (κ3) is 5.39. The van der Waals surface area contributed by atoms with E-state index in [0.717, 1.165) is 29.3 Å². The number of rotatable bonds is 7. The van der Waals surface area contributed by atoms with Crippen molar-refractivity contribution in [2.75, 3.05) is 26.2 Å². The summed E-state index contributed by atoms with van der Waals surface area (Å²) < 4.78 is 11.5. The molecule has 2 aromatic heterocycles. The van der Waals surface area contributed by atoms with Crippen LogP contribution in [0.2, 0.25) is 0 Å². The van der Waals surface area contributed by atoms with E-state index in [0.29, 0.717) is 38.7 Å². The molecule has 1 saturated heterocycles. The first-order chi connectivity index (χ1) is 13.4. The fourth-order valence-electron chi connectivity index (χ4n) is 3.52. The molecule has 152 valence electrons. The monoisotopic (exact) mass is 386 g/mol. The van der Waals surface area contributed by atoms with Gasteiger partial charge in [-0.1, -0.05) is 25.1 Å². The van der Waals surface area contributed by atoms with Crippen LogP contribution in [-0.2, 0) is 22.7 Å². The summed E-state index contributed by atoms with van der Waals surface area (Å²) in [5.74, 6) is 1.34. The summed E-state index contributed by atoms with van der Waals surface area (Å²) in [5.41, 5.74) is 2.80. The number of amides is 1. The first-order valence-corrected chi connectivity index (χ1v) is 9.85. The van der Waals surface area contributed by atoms with E-state index >= 15 is 0 Å². The molecular formula is C21H30N4O3. The molecule has 1 amide bonds. The van der Waals surface area contributed by atoms with Crippen LogP contribution in [0.1, 0.15) is 36.6 Å². The molecule has 0 aromatic carbocycles. The number of carbonyl (C=O) groups is 1. The van der Waals surface area contributed by atoms with Gasteiger partial charge in [0.05, 0.1) is 30.6 Å².